The molecule has 1 rings (SSSR count). The molecular formula is C12H20N2O2S. The van der Waals surface area contributed by atoms with Gasteiger partial charge in [-0.2, -0.15) is 0 Å². The van der Waals surface area contributed by atoms with E-state index in [9.17, 15) is 8.42 Å². The Morgan fingerprint density at radius 1 is 1.24 bits per heavy atom. The van der Waals surface area contributed by atoms with Crippen molar-refractivity contribution < 1.29 is 8.42 Å². The summed E-state index contributed by atoms with van der Waals surface area (Å²) in [7, 11) is -1.59. The Bertz CT molecular complexity index is 440. The maximum atomic E-state index is 12.0. The Morgan fingerprint density at radius 3 is 2.29 bits per heavy atom. The molecule has 0 heterocycles. The highest BCUT2D eigenvalue weighted by Crippen LogP contribution is 2.14. The first-order valence-electron chi connectivity index (χ1n) is 5.79. The zero-order valence-corrected chi connectivity index (χ0v) is 11.3. The van der Waals surface area contributed by atoms with E-state index < -0.39 is 10.0 Å². The van der Waals surface area contributed by atoms with Crippen molar-refractivity contribution in [3.63, 3.8) is 0 Å². The van der Waals surface area contributed by atoms with Gasteiger partial charge in [-0.15, -0.1) is 0 Å². The minimum absolute atomic E-state index is 0.0334. The van der Waals surface area contributed by atoms with Gasteiger partial charge in [0.15, 0.2) is 0 Å². The summed E-state index contributed by atoms with van der Waals surface area (Å²) in [4.78, 5) is 0.305. The van der Waals surface area contributed by atoms with Crippen molar-refractivity contribution in [2.24, 2.45) is 0 Å². The lowest BCUT2D eigenvalue weighted by Crippen LogP contribution is -2.32. The number of hydrogen-bond acceptors (Lipinski definition) is 3. The van der Waals surface area contributed by atoms with E-state index in [0.717, 1.165) is 18.5 Å². The highest BCUT2D eigenvalue weighted by atomic mass is 32.2. The van der Waals surface area contributed by atoms with Crippen LogP contribution in [-0.4, -0.2) is 21.5 Å². The summed E-state index contributed by atoms with van der Waals surface area (Å²) in [5.41, 5.74) is 0.894. The quantitative estimate of drug-likeness (QED) is 0.820. The molecule has 0 bridgehead atoms. The normalized spacial score (nSPS) is 13.4. The van der Waals surface area contributed by atoms with Gasteiger partial charge in [-0.25, -0.2) is 13.1 Å². The summed E-state index contributed by atoms with van der Waals surface area (Å²) in [5.74, 6) is 0. The average molecular weight is 256 g/mol. The molecule has 2 N–H and O–H groups in total. The summed E-state index contributed by atoms with van der Waals surface area (Å²) in [6, 6.07) is 6.67. The Balaban J connectivity index is 2.82. The van der Waals surface area contributed by atoms with E-state index in [1.807, 2.05) is 13.8 Å². The van der Waals surface area contributed by atoms with Crippen LogP contribution in [0.1, 0.15) is 26.7 Å². The molecule has 0 spiro atoms. The van der Waals surface area contributed by atoms with Crippen LogP contribution in [0.5, 0.6) is 0 Å². The Hall–Kier alpha value is -1.07. The number of hydrogen-bond donors (Lipinski definition) is 2. The summed E-state index contributed by atoms with van der Waals surface area (Å²) >= 11 is 0. The van der Waals surface area contributed by atoms with Crippen LogP contribution >= 0.6 is 0 Å². The van der Waals surface area contributed by atoms with Crippen LogP contribution in [0.15, 0.2) is 29.2 Å². The second-order valence-corrected chi connectivity index (χ2v) is 5.80. The van der Waals surface area contributed by atoms with Crippen molar-refractivity contribution in [1.29, 1.82) is 0 Å². The van der Waals surface area contributed by atoms with Gasteiger partial charge in [0, 0.05) is 18.8 Å². The second kappa shape index (κ2) is 6.02. The van der Waals surface area contributed by atoms with Gasteiger partial charge < -0.3 is 5.32 Å². The van der Waals surface area contributed by atoms with Crippen molar-refractivity contribution in [3.8, 4) is 0 Å². The molecule has 1 aromatic rings. The van der Waals surface area contributed by atoms with Crippen molar-refractivity contribution in [3.05, 3.63) is 24.3 Å². The molecular weight excluding hydrogens is 236 g/mol. The van der Waals surface area contributed by atoms with Crippen LogP contribution in [0.4, 0.5) is 5.69 Å². The van der Waals surface area contributed by atoms with Crippen molar-refractivity contribution in [2.75, 3.05) is 12.4 Å². The molecule has 0 aliphatic heterocycles. The molecule has 96 valence electrons. The highest BCUT2D eigenvalue weighted by Gasteiger charge is 2.16. The molecule has 0 aliphatic rings. The van der Waals surface area contributed by atoms with Crippen LogP contribution in [0.25, 0.3) is 0 Å². The number of rotatable bonds is 6. The number of benzene rings is 1. The zero-order valence-electron chi connectivity index (χ0n) is 10.5. The maximum absolute atomic E-state index is 12.0. The topological polar surface area (TPSA) is 58.2 Å². The van der Waals surface area contributed by atoms with Gasteiger partial charge in [-0.05, 0) is 37.6 Å². The monoisotopic (exact) mass is 256 g/mol. The Labute approximate surface area is 103 Å². The first-order valence-corrected chi connectivity index (χ1v) is 7.28. The zero-order chi connectivity index (χ0) is 12.9. The molecule has 0 saturated carbocycles. The average Bonchev–Trinajstić information content (AvgIpc) is 2.28. The smallest absolute Gasteiger partial charge is 0.240 e. The highest BCUT2D eigenvalue weighted by molar-refractivity contribution is 7.89. The maximum Gasteiger partial charge on any atom is 0.240 e. The second-order valence-electron chi connectivity index (χ2n) is 4.09. The van der Waals surface area contributed by atoms with Gasteiger partial charge in [0.25, 0.3) is 0 Å². The molecule has 0 fully saturated rings. The summed E-state index contributed by atoms with van der Waals surface area (Å²) in [6.07, 6.45) is 1.80. The first kappa shape index (κ1) is 14.0. The van der Waals surface area contributed by atoms with E-state index in [-0.39, 0.29) is 6.04 Å². The molecule has 1 unspecified atom stereocenters. The van der Waals surface area contributed by atoms with E-state index >= 15 is 0 Å². The molecule has 4 nitrogen and oxygen atoms in total. The fourth-order valence-electron chi connectivity index (χ4n) is 1.63. The summed E-state index contributed by atoms with van der Waals surface area (Å²) in [5, 5.41) is 2.95. The lowest BCUT2D eigenvalue weighted by molar-refractivity contribution is 0.544. The standard InChI is InChI=1S/C12H20N2O2S/c1-4-5-10(2)14-17(15,16)12-8-6-11(13-3)7-9-12/h6-10,13-14H,4-5H2,1-3H3. The van der Waals surface area contributed by atoms with Crippen molar-refractivity contribution in [1.82, 2.24) is 4.72 Å². The van der Waals surface area contributed by atoms with Gasteiger partial charge in [-0.1, -0.05) is 13.3 Å². The first-order chi connectivity index (χ1) is 7.99. The fourth-order valence-corrected chi connectivity index (χ4v) is 2.90. The number of nitrogens with one attached hydrogen (secondary N) is 2. The number of anilines is 1. The summed E-state index contributed by atoms with van der Waals surface area (Å²) in [6.45, 7) is 3.91. The van der Waals surface area contributed by atoms with Gasteiger partial charge in [0.2, 0.25) is 10.0 Å². The van der Waals surface area contributed by atoms with E-state index in [2.05, 4.69) is 10.0 Å². The molecule has 0 aromatic heterocycles. The molecule has 1 aromatic carbocycles. The molecule has 5 heteroatoms. The Kier molecular flexibility index (Phi) is 4.96. The Morgan fingerprint density at radius 2 is 1.82 bits per heavy atom. The predicted molar refractivity (Wildman–Crippen MR) is 70.7 cm³/mol. The van der Waals surface area contributed by atoms with Gasteiger partial charge in [0.1, 0.15) is 0 Å². The fraction of sp³-hybridized carbons (Fsp3) is 0.500. The van der Waals surface area contributed by atoms with Crippen molar-refractivity contribution >= 4 is 15.7 Å². The third-order valence-corrected chi connectivity index (χ3v) is 4.14. The van der Waals surface area contributed by atoms with E-state index in [1.54, 1.807) is 31.3 Å². The summed E-state index contributed by atoms with van der Waals surface area (Å²) < 4.78 is 26.6. The van der Waals surface area contributed by atoms with E-state index in [4.69, 9.17) is 0 Å². The van der Waals surface area contributed by atoms with E-state index in [1.165, 1.54) is 0 Å². The molecule has 0 aliphatic carbocycles. The third kappa shape index (κ3) is 4.02. The molecule has 0 radical (unpaired) electrons. The van der Waals surface area contributed by atoms with Crippen LogP contribution in [0, 0.1) is 0 Å². The van der Waals surface area contributed by atoms with Crippen LogP contribution in [0.3, 0.4) is 0 Å². The minimum Gasteiger partial charge on any atom is -0.388 e. The van der Waals surface area contributed by atoms with Crippen LogP contribution in [-0.2, 0) is 10.0 Å². The minimum atomic E-state index is -3.38. The van der Waals surface area contributed by atoms with Gasteiger partial charge in [-0.3, -0.25) is 0 Å². The molecule has 17 heavy (non-hydrogen) atoms. The predicted octanol–water partition coefficient (Wildman–Crippen LogP) is 2.20. The largest absolute Gasteiger partial charge is 0.388 e. The lowest BCUT2D eigenvalue weighted by atomic mass is 10.2. The molecule has 1 atom stereocenters. The third-order valence-electron chi connectivity index (χ3n) is 2.53. The molecule has 0 saturated heterocycles. The van der Waals surface area contributed by atoms with Crippen molar-refractivity contribution in [2.45, 2.75) is 37.6 Å². The lowest BCUT2D eigenvalue weighted by Gasteiger charge is -2.13. The SMILES string of the molecule is CCCC(C)NS(=O)(=O)c1ccc(NC)cc1. The van der Waals surface area contributed by atoms with E-state index in [0.29, 0.717) is 4.90 Å². The molecule has 0 amide bonds. The van der Waals surface area contributed by atoms with Gasteiger partial charge >= 0.3 is 0 Å². The van der Waals surface area contributed by atoms with Crippen LogP contribution < -0.4 is 10.0 Å². The van der Waals surface area contributed by atoms with Gasteiger partial charge in [0.05, 0.1) is 4.90 Å². The van der Waals surface area contributed by atoms with Crippen LogP contribution in [0.2, 0.25) is 0 Å². The number of sulfonamides is 1.